The molecule has 0 fully saturated rings. The molecule has 2 rings (SSSR count). The van der Waals surface area contributed by atoms with Gasteiger partial charge in [-0.2, -0.15) is 0 Å². The lowest BCUT2D eigenvalue weighted by molar-refractivity contribution is -0.116. The van der Waals surface area contributed by atoms with Crippen LogP contribution in [0.2, 0.25) is 0 Å². The molecule has 2 aromatic carbocycles. The van der Waals surface area contributed by atoms with Crippen molar-refractivity contribution in [1.82, 2.24) is 0 Å². The number of benzene rings is 2. The number of hydrogen-bond acceptors (Lipinski definition) is 1. The molecular formula is C18H17NO. The number of nitrogens with zero attached hydrogens (tertiary/aromatic N) is 1. The lowest BCUT2D eigenvalue weighted by atomic mass is 10.1. The molecule has 20 heavy (non-hydrogen) atoms. The number of aryl methyl sites for hydroxylation is 1. The first-order valence-electron chi connectivity index (χ1n) is 6.51. The highest BCUT2D eigenvalue weighted by Gasteiger charge is 2.15. The van der Waals surface area contributed by atoms with Gasteiger partial charge in [-0.15, -0.1) is 6.42 Å². The molecular weight excluding hydrogens is 246 g/mol. The van der Waals surface area contributed by atoms with Crippen LogP contribution >= 0.6 is 0 Å². The van der Waals surface area contributed by atoms with Crippen molar-refractivity contribution in [2.75, 3.05) is 4.90 Å². The maximum absolute atomic E-state index is 12.0. The molecule has 0 radical (unpaired) electrons. The minimum Gasteiger partial charge on any atom is -0.308 e. The largest absolute Gasteiger partial charge is 0.308 e. The van der Waals surface area contributed by atoms with E-state index in [1.807, 2.05) is 55.5 Å². The SMILES string of the molecule is C#Cc1ccccc1CN(C(C)=O)c1ccccc1C. The lowest BCUT2D eigenvalue weighted by Gasteiger charge is -2.23. The molecule has 2 heteroatoms. The first kappa shape index (κ1) is 13.9. The van der Waals surface area contributed by atoms with E-state index < -0.39 is 0 Å². The molecule has 0 aliphatic carbocycles. The molecule has 0 aromatic heterocycles. The Kier molecular flexibility index (Phi) is 4.22. The lowest BCUT2D eigenvalue weighted by Crippen LogP contribution is -2.28. The van der Waals surface area contributed by atoms with Gasteiger partial charge in [0.2, 0.25) is 5.91 Å². The minimum absolute atomic E-state index is 0.00567. The summed E-state index contributed by atoms with van der Waals surface area (Å²) in [6.07, 6.45) is 5.52. The van der Waals surface area contributed by atoms with Crippen LogP contribution in [-0.4, -0.2) is 5.91 Å². The van der Waals surface area contributed by atoms with Crippen LogP contribution in [0, 0.1) is 19.3 Å². The van der Waals surface area contributed by atoms with E-state index in [4.69, 9.17) is 6.42 Å². The molecule has 0 aliphatic rings. The number of carbonyl (C=O) groups excluding carboxylic acids is 1. The monoisotopic (exact) mass is 263 g/mol. The summed E-state index contributed by atoms with van der Waals surface area (Å²) in [6, 6.07) is 15.6. The van der Waals surface area contributed by atoms with Crippen LogP contribution in [0.1, 0.15) is 23.6 Å². The zero-order valence-corrected chi connectivity index (χ0v) is 11.8. The van der Waals surface area contributed by atoms with Gasteiger partial charge in [-0.3, -0.25) is 4.79 Å². The van der Waals surface area contributed by atoms with Gasteiger partial charge in [0.05, 0.1) is 6.54 Å². The molecule has 0 unspecified atom stereocenters. The van der Waals surface area contributed by atoms with Crippen LogP contribution in [0.4, 0.5) is 5.69 Å². The summed E-state index contributed by atoms with van der Waals surface area (Å²) in [7, 11) is 0. The van der Waals surface area contributed by atoms with E-state index in [1.165, 1.54) is 0 Å². The van der Waals surface area contributed by atoms with Crippen molar-refractivity contribution in [3.63, 3.8) is 0 Å². The average molecular weight is 263 g/mol. The second-order valence-corrected chi connectivity index (χ2v) is 4.69. The third-order valence-corrected chi connectivity index (χ3v) is 3.29. The highest BCUT2D eigenvalue weighted by molar-refractivity contribution is 5.92. The van der Waals surface area contributed by atoms with Crippen molar-refractivity contribution < 1.29 is 4.79 Å². The van der Waals surface area contributed by atoms with Crippen LogP contribution in [-0.2, 0) is 11.3 Å². The van der Waals surface area contributed by atoms with E-state index in [0.29, 0.717) is 6.54 Å². The van der Waals surface area contributed by atoms with Crippen molar-refractivity contribution in [3.8, 4) is 12.3 Å². The van der Waals surface area contributed by atoms with E-state index in [0.717, 1.165) is 22.4 Å². The summed E-state index contributed by atoms with van der Waals surface area (Å²) in [5.41, 5.74) is 3.80. The molecule has 0 bridgehead atoms. The topological polar surface area (TPSA) is 20.3 Å². The number of amides is 1. The Hall–Kier alpha value is -2.53. The van der Waals surface area contributed by atoms with Crippen molar-refractivity contribution >= 4 is 11.6 Å². The van der Waals surface area contributed by atoms with Crippen LogP contribution in [0.15, 0.2) is 48.5 Å². The highest BCUT2D eigenvalue weighted by Crippen LogP contribution is 2.22. The smallest absolute Gasteiger partial charge is 0.224 e. The van der Waals surface area contributed by atoms with Crippen LogP contribution < -0.4 is 4.90 Å². The molecule has 0 saturated heterocycles. The van der Waals surface area contributed by atoms with Crippen molar-refractivity contribution in [2.24, 2.45) is 0 Å². The Labute approximate surface area is 120 Å². The first-order chi connectivity index (χ1) is 9.63. The molecule has 2 nitrogen and oxygen atoms in total. The summed E-state index contributed by atoms with van der Waals surface area (Å²) < 4.78 is 0. The Morgan fingerprint density at radius 2 is 1.80 bits per heavy atom. The van der Waals surface area contributed by atoms with Crippen LogP contribution in [0.3, 0.4) is 0 Å². The summed E-state index contributed by atoms with van der Waals surface area (Å²) in [5.74, 6) is 2.67. The first-order valence-corrected chi connectivity index (χ1v) is 6.51. The Morgan fingerprint density at radius 1 is 1.15 bits per heavy atom. The number of rotatable bonds is 3. The van der Waals surface area contributed by atoms with Gasteiger partial charge in [-0.05, 0) is 30.2 Å². The molecule has 1 amide bonds. The molecule has 0 aliphatic heterocycles. The fourth-order valence-electron chi connectivity index (χ4n) is 2.20. The van der Waals surface area contributed by atoms with E-state index in [9.17, 15) is 4.79 Å². The van der Waals surface area contributed by atoms with Gasteiger partial charge in [0.1, 0.15) is 0 Å². The van der Waals surface area contributed by atoms with Gasteiger partial charge in [0, 0.05) is 18.2 Å². The third kappa shape index (κ3) is 2.89. The molecule has 0 N–H and O–H groups in total. The number of carbonyl (C=O) groups is 1. The molecule has 100 valence electrons. The van der Waals surface area contributed by atoms with Crippen molar-refractivity contribution in [3.05, 3.63) is 65.2 Å². The summed E-state index contributed by atoms with van der Waals surface area (Å²) in [4.78, 5) is 13.7. The Balaban J connectivity index is 2.39. The number of anilines is 1. The quantitative estimate of drug-likeness (QED) is 0.776. The maximum Gasteiger partial charge on any atom is 0.224 e. The number of para-hydroxylation sites is 1. The maximum atomic E-state index is 12.0. The predicted molar refractivity (Wildman–Crippen MR) is 82.4 cm³/mol. The second-order valence-electron chi connectivity index (χ2n) is 4.69. The van der Waals surface area contributed by atoms with E-state index in [1.54, 1.807) is 11.8 Å². The molecule has 0 saturated carbocycles. The molecule has 0 atom stereocenters. The average Bonchev–Trinajstić information content (AvgIpc) is 2.46. The van der Waals surface area contributed by atoms with Gasteiger partial charge in [-0.25, -0.2) is 0 Å². The second kappa shape index (κ2) is 6.08. The third-order valence-electron chi connectivity index (χ3n) is 3.29. The van der Waals surface area contributed by atoms with Gasteiger partial charge in [-0.1, -0.05) is 42.3 Å². The zero-order valence-electron chi connectivity index (χ0n) is 11.8. The minimum atomic E-state index is 0.00567. The Bertz CT molecular complexity index is 667. The normalized spacial score (nSPS) is 9.85. The van der Waals surface area contributed by atoms with Gasteiger partial charge < -0.3 is 4.90 Å². The van der Waals surface area contributed by atoms with Gasteiger partial charge >= 0.3 is 0 Å². The van der Waals surface area contributed by atoms with E-state index in [2.05, 4.69) is 5.92 Å². The van der Waals surface area contributed by atoms with Gasteiger partial charge in [0.25, 0.3) is 0 Å². The molecule has 0 spiro atoms. The number of terminal acetylenes is 1. The highest BCUT2D eigenvalue weighted by atomic mass is 16.2. The van der Waals surface area contributed by atoms with Crippen molar-refractivity contribution in [2.45, 2.75) is 20.4 Å². The standard InChI is InChI=1S/C18H17NO/c1-4-16-10-6-7-11-17(16)13-19(15(3)20)18-12-8-5-9-14(18)2/h1,5-12H,13H2,2-3H3. The van der Waals surface area contributed by atoms with Crippen LogP contribution in [0.25, 0.3) is 0 Å². The number of hydrogen-bond donors (Lipinski definition) is 0. The van der Waals surface area contributed by atoms with Crippen LogP contribution in [0.5, 0.6) is 0 Å². The predicted octanol–water partition coefficient (Wildman–Crippen LogP) is 3.53. The fraction of sp³-hybridized carbons (Fsp3) is 0.167. The summed E-state index contributed by atoms with van der Waals surface area (Å²) >= 11 is 0. The van der Waals surface area contributed by atoms with Gasteiger partial charge in [0.15, 0.2) is 0 Å². The fourth-order valence-corrected chi connectivity index (χ4v) is 2.20. The van der Waals surface area contributed by atoms with Crippen molar-refractivity contribution in [1.29, 1.82) is 0 Å². The molecule has 0 heterocycles. The van der Waals surface area contributed by atoms with E-state index in [-0.39, 0.29) is 5.91 Å². The van der Waals surface area contributed by atoms with E-state index >= 15 is 0 Å². The molecule has 2 aromatic rings. The zero-order chi connectivity index (χ0) is 14.5. The Morgan fingerprint density at radius 3 is 2.45 bits per heavy atom. The summed E-state index contributed by atoms with van der Waals surface area (Å²) in [5, 5.41) is 0. The summed E-state index contributed by atoms with van der Waals surface area (Å²) in [6.45, 7) is 4.06.